The van der Waals surface area contributed by atoms with Crippen LogP contribution in [0.4, 0.5) is 10.1 Å². The van der Waals surface area contributed by atoms with Crippen LogP contribution < -0.4 is 10.2 Å². The summed E-state index contributed by atoms with van der Waals surface area (Å²) in [4.78, 5) is 2.40. The molecule has 110 valence electrons. The van der Waals surface area contributed by atoms with Gasteiger partial charge in [0.05, 0.1) is 0 Å². The molecule has 2 unspecified atom stereocenters. The smallest absolute Gasteiger partial charge is 0.123 e. The largest absolute Gasteiger partial charge is 0.370 e. The summed E-state index contributed by atoms with van der Waals surface area (Å²) < 4.78 is 13.0. The minimum Gasteiger partial charge on any atom is -0.370 e. The molecule has 0 radical (unpaired) electrons. The zero-order valence-corrected chi connectivity index (χ0v) is 12.3. The number of piperidine rings is 1. The normalized spacial score (nSPS) is 28.0. The standard InChI is InChI=1S/C17H25FN2/c1-13-10-16(19-15-4-2-3-5-15)12-20(11-13)17-8-6-14(18)7-9-17/h6-9,13,15-16,19H,2-5,10-12H2,1H3. The van der Waals surface area contributed by atoms with Crippen LogP contribution in [0.5, 0.6) is 0 Å². The van der Waals surface area contributed by atoms with Crippen molar-refractivity contribution in [1.29, 1.82) is 0 Å². The zero-order chi connectivity index (χ0) is 13.9. The molecule has 1 aliphatic heterocycles. The van der Waals surface area contributed by atoms with Crippen LogP contribution in [0, 0.1) is 11.7 Å². The number of hydrogen-bond donors (Lipinski definition) is 1. The highest BCUT2D eigenvalue weighted by Crippen LogP contribution is 2.25. The molecule has 1 saturated carbocycles. The van der Waals surface area contributed by atoms with Crippen LogP contribution in [-0.4, -0.2) is 25.2 Å². The fraction of sp³-hybridized carbons (Fsp3) is 0.647. The number of nitrogens with zero attached hydrogens (tertiary/aromatic N) is 1. The first-order valence-corrected chi connectivity index (χ1v) is 7.97. The van der Waals surface area contributed by atoms with Gasteiger partial charge in [-0.25, -0.2) is 4.39 Å². The van der Waals surface area contributed by atoms with E-state index in [1.807, 2.05) is 12.1 Å². The molecule has 1 saturated heterocycles. The average Bonchev–Trinajstić information content (AvgIpc) is 2.91. The van der Waals surface area contributed by atoms with Crippen LogP contribution in [0.1, 0.15) is 39.0 Å². The summed E-state index contributed by atoms with van der Waals surface area (Å²) in [7, 11) is 0. The van der Waals surface area contributed by atoms with Crippen molar-refractivity contribution in [2.75, 3.05) is 18.0 Å². The molecular weight excluding hydrogens is 251 g/mol. The predicted octanol–water partition coefficient (Wildman–Crippen LogP) is 3.57. The van der Waals surface area contributed by atoms with Gasteiger partial charge >= 0.3 is 0 Å². The van der Waals surface area contributed by atoms with E-state index in [0.29, 0.717) is 12.0 Å². The van der Waals surface area contributed by atoms with E-state index in [4.69, 9.17) is 0 Å². The van der Waals surface area contributed by atoms with Crippen LogP contribution in [-0.2, 0) is 0 Å². The van der Waals surface area contributed by atoms with Gasteiger partial charge in [-0.05, 0) is 49.4 Å². The Bertz CT molecular complexity index is 425. The van der Waals surface area contributed by atoms with E-state index in [1.165, 1.54) is 32.1 Å². The van der Waals surface area contributed by atoms with E-state index < -0.39 is 0 Å². The molecule has 0 amide bonds. The molecule has 2 fully saturated rings. The Morgan fingerprint density at radius 3 is 2.45 bits per heavy atom. The van der Waals surface area contributed by atoms with Crippen molar-refractivity contribution in [2.24, 2.45) is 5.92 Å². The van der Waals surface area contributed by atoms with Gasteiger partial charge in [0.15, 0.2) is 0 Å². The molecule has 1 heterocycles. The summed E-state index contributed by atoms with van der Waals surface area (Å²) in [6.45, 7) is 4.44. The molecule has 3 rings (SSSR count). The summed E-state index contributed by atoms with van der Waals surface area (Å²) in [6.07, 6.45) is 6.68. The van der Waals surface area contributed by atoms with Crippen molar-refractivity contribution in [3.8, 4) is 0 Å². The molecule has 1 aromatic rings. The molecule has 20 heavy (non-hydrogen) atoms. The lowest BCUT2D eigenvalue weighted by Crippen LogP contribution is -2.51. The molecule has 1 aliphatic carbocycles. The highest BCUT2D eigenvalue weighted by Gasteiger charge is 2.27. The summed E-state index contributed by atoms with van der Waals surface area (Å²) in [5.74, 6) is 0.534. The second kappa shape index (κ2) is 6.13. The Morgan fingerprint density at radius 1 is 1.05 bits per heavy atom. The number of benzene rings is 1. The molecule has 2 aliphatic rings. The van der Waals surface area contributed by atoms with Crippen LogP contribution in [0.2, 0.25) is 0 Å². The molecule has 0 bridgehead atoms. The van der Waals surface area contributed by atoms with Gasteiger partial charge < -0.3 is 10.2 Å². The number of anilines is 1. The Morgan fingerprint density at radius 2 is 1.75 bits per heavy atom. The van der Waals surface area contributed by atoms with Gasteiger partial charge in [-0.3, -0.25) is 0 Å². The second-order valence-electron chi connectivity index (χ2n) is 6.57. The molecule has 1 N–H and O–H groups in total. The number of halogens is 1. The van der Waals surface area contributed by atoms with Gasteiger partial charge in [-0.15, -0.1) is 0 Å². The second-order valence-corrected chi connectivity index (χ2v) is 6.57. The van der Waals surface area contributed by atoms with Crippen molar-refractivity contribution >= 4 is 5.69 Å². The minimum atomic E-state index is -0.153. The van der Waals surface area contributed by atoms with E-state index in [2.05, 4.69) is 17.1 Å². The summed E-state index contributed by atoms with van der Waals surface area (Å²) >= 11 is 0. The van der Waals surface area contributed by atoms with E-state index in [1.54, 1.807) is 12.1 Å². The Balaban J connectivity index is 1.64. The summed E-state index contributed by atoms with van der Waals surface area (Å²) in [5, 5.41) is 3.84. The third-order valence-corrected chi connectivity index (χ3v) is 4.68. The van der Waals surface area contributed by atoms with Crippen molar-refractivity contribution in [3.05, 3.63) is 30.1 Å². The Kier molecular flexibility index (Phi) is 4.25. The zero-order valence-electron chi connectivity index (χ0n) is 12.3. The molecule has 3 heteroatoms. The third-order valence-electron chi connectivity index (χ3n) is 4.68. The lowest BCUT2D eigenvalue weighted by Gasteiger charge is -2.39. The van der Waals surface area contributed by atoms with Crippen molar-refractivity contribution in [2.45, 2.75) is 51.1 Å². The fourth-order valence-corrected chi connectivity index (χ4v) is 3.76. The SMILES string of the molecule is CC1CC(NC2CCCC2)CN(c2ccc(F)cc2)C1. The Labute approximate surface area is 121 Å². The molecule has 2 nitrogen and oxygen atoms in total. The van der Waals surface area contributed by atoms with Gasteiger partial charge in [0.1, 0.15) is 5.82 Å². The van der Waals surface area contributed by atoms with Crippen LogP contribution in [0.25, 0.3) is 0 Å². The third kappa shape index (κ3) is 3.32. The molecule has 0 aromatic heterocycles. The van der Waals surface area contributed by atoms with Crippen LogP contribution in [0.15, 0.2) is 24.3 Å². The lowest BCUT2D eigenvalue weighted by atomic mass is 9.94. The van der Waals surface area contributed by atoms with Crippen LogP contribution >= 0.6 is 0 Å². The minimum absolute atomic E-state index is 0.153. The van der Waals surface area contributed by atoms with E-state index >= 15 is 0 Å². The molecular formula is C17H25FN2. The van der Waals surface area contributed by atoms with Crippen LogP contribution in [0.3, 0.4) is 0 Å². The van der Waals surface area contributed by atoms with E-state index in [9.17, 15) is 4.39 Å². The first kappa shape index (κ1) is 13.9. The maximum Gasteiger partial charge on any atom is 0.123 e. The monoisotopic (exact) mass is 276 g/mol. The van der Waals surface area contributed by atoms with Gasteiger partial charge in [-0.2, -0.15) is 0 Å². The average molecular weight is 276 g/mol. The first-order valence-electron chi connectivity index (χ1n) is 7.97. The van der Waals surface area contributed by atoms with Gasteiger partial charge in [0.2, 0.25) is 0 Å². The quantitative estimate of drug-likeness (QED) is 0.908. The van der Waals surface area contributed by atoms with E-state index in [-0.39, 0.29) is 5.82 Å². The maximum absolute atomic E-state index is 13.0. The van der Waals surface area contributed by atoms with Gasteiger partial charge in [0, 0.05) is 30.9 Å². The van der Waals surface area contributed by atoms with Crippen molar-refractivity contribution in [3.63, 3.8) is 0 Å². The predicted molar refractivity (Wildman–Crippen MR) is 81.6 cm³/mol. The first-order chi connectivity index (χ1) is 9.70. The molecule has 2 atom stereocenters. The summed E-state index contributed by atoms with van der Waals surface area (Å²) in [6, 6.07) is 8.23. The summed E-state index contributed by atoms with van der Waals surface area (Å²) in [5.41, 5.74) is 1.15. The number of rotatable bonds is 3. The highest BCUT2D eigenvalue weighted by molar-refractivity contribution is 5.47. The molecule has 1 aromatic carbocycles. The van der Waals surface area contributed by atoms with Crippen molar-refractivity contribution in [1.82, 2.24) is 5.32 Å². The fourth-order valence-electron chi connectivity index (χ4n) is 3.76. The van der Waals surface area contributed by atoms with Gasteiger partial charge in [-0.1, -0.05) is 19.8 Å². The van der Waals surface area contributed by atoms with Crippen molar-refractivity contribution < 1.29 is 4.39 Å². The highest BCUT2D eigenvalue weighted by atomic mass is 19.1. The topological polar surface area (TPSA) is 15.3 Å². The maximum atomic E-state index is 13.0. The van der Waals surface area contributed by atoms with Gasteiger partial charge in [0.25, 0.3) is 0 Å². The lowest BCUT2D eigenvalue weighted by molar-refractivity contribution is 0.322. The number of nitrogens with one attached hydrogen (secondary N) is 1. The molecule has 0 spiro atoms. The van der Waals surface area contributed by atoms with E-state index in [0.717, 1.165) is 24.8 Å². The Hall–Kier alpha value is -1.09. The number of hydrogen-bond acceptors (Lipinski definition) is 2.